The van der Waals surface area contributed by atoms with Gasteiger partial charge < -0.3 is 10.3 Å². The number of hydrogen-bond acceptors (Lipinski definition) is 2. The topological polar surface area (TPSA) is 40.7 Å². The highest BCUT2D eigenvalue weighted by molar-refractivity contribution is 9.10. The molecule has 2 aromatic rings. The van der Waals surface area contributed by atoms with Gasteiger partial charge in [-0.05, 0) is 47.6 Å². The van der Waals surface area contributed by atoms with E-state index in [9.17, 15) is 0 Å². The van der Waals surface area contributed by atoms with Crippen LogP contribution in [0.1, 0.15) is 11.4 Å². The van der Waals surface area contributed by atoms with Gasteiger partial charge in [-0.15, -0.1) is 0 Å². The lowest BCUT2D eigenvalue weighted by molar-refractivity contribution is 0.818. The molecule has 0 atom stereocenters. The maximum absolute atomic E-state index is 4.39. The van der Waals surface area contributed by atoms with E-state index in [0.29, 0.717) is 0 Å². The lowest BCUT2D eigenvalue weighted by atomic mass is 10.2. The summed E-state index contributed by atoms with van der Waals surface area (Å²) in [6.07, 6.45) is 0. The maximum atomic E-state index is 4.39. The van der Waals surface area contributed by atoms with Crippen molar-refractivity contribution in [3.63, 3.8) is 0 Å². The normalized spacial score (nSPS) is 11.1. The zero-order valence-electron chi connectivity index (χ0n) is 8.19. The number of aryl methyl sites for hydroxylation is 1. The van der Waals surface area contributed by atoms with Crippen molar-refractivity contribution in [3.8, 4) is 0 Å². The van der Waals surface area contributed by atoms with Gasteiger partial charge >= 0.3 is 0 Å². The molecule has 0 bridgehead atoms. The van der Waals surface area contributed by atoms with Gasteiger partial charge in [0.15, 0.2) is 0 Å². The fourth-order valence-electron chi connectivity index (χ4n) is 1.56. The van der Waals surface area contributed by atoms with Crippen LogP contribution < -0.4 is 5.32 Å². The minimum Gasteiger partial charge on any atom is -0.342 e. The first kappa shape index (κ1) is 9.68. The van der Waals surface area contributed by atoms with E-state index in [-0.39, 0.29) is 0 Å². The molecule has 0 unspecified atom stereocenters. The molecule has 0 saturated heterocycles. The van der Waals surface area contributed by atoms with Gasteiger partial charge in [0.25, 0.3) is 0 Å². The fourth-order valence-corrected chi connectivity index (χ4v) is 2.16. The summed E-state index contributed by atoms with van der Waals surface area (Å²) in [5.74, 6) is 0.947. The summed E-state index contributed by atoms with van der Waals surface area (Å²) < 4.78 is 1.05. The van der Waals surface area contributed by atoms with Crippen molar-refractivity contribution in [2.24, 2.45) is 0 Å². The predicted molar refractivity (Wildman–Crippen MR) is 61.3 cm³/mol. The molecule has 1 aromatic carbocycles. The lowest BCUT2D eigenvalue weighted by Gasteiger charge is -2.01. The summed E-state index contributed by atoms with van der Waals surface area (Å²) >= 11 is 3.52. The number of fused-ring (bicyclic) bond motifs is 1. The fraction of sp³-hybridized carbons (Fsp3) is 0.300. The quantitative estimate of drug-likeness (QED) is 0.863. The van der Waals surface area contributed by atoms with E-state index in [2.05, 4.69) is 43.3 Å². The van der Waals surface area contributed by atoms with Crippen molar-refractivity contribution < 1.29 is 0 Å². The number of imidazole rings is 1. The van der Waals surface area contributed by atoms with Gasteiger partial charge in [0, 0.05) is 11.0 Å². The molecule has 2 N–H and O–H groups in total. The monoisotopic (exact) mass is 253 g/mol. The zero-order valence-corrected chi connectivity index (χ0v) is 9.77. The maximum Gasteiger partial charge on any atom is 0.104 e. The second kappa shape index (κ2) is 3.71. The van der Waals surface area contributed by atoms with Gasteiger partial charge in [-0.3, -0.25) is 0 Å². The van der Waals surface area contributed by atoms with Crippen molar-refractivity contribution in [2.45, 2.75) is 13.5 Å². The van der Waals surface area contributed by atoms with Gasteiger partial charge in [-0.2, -0.15) is 0 Å². The third-order valence-electron chi connectivity index (χ3n) is 2.10. The molecular weight excluding hydrogens is 242 g/mol. The van der Waals surface area contributed by atoms with Crippen molar-refractivity contribution in [2.75, 3.05) is 7.05 Å². The number of nitrogens with zero attached hydrogens (tertiary/aromatic N) is 1. The number of aromatic nitrogens is 2. The molecule has 1 heterocycles. The SMILES string of the molecule is CNCc1cc(Br)c2nc(C)[nH]c2c1. The van der Waals surface area contributed by atoms with Crippen LogP contribution in [0.2, 0.25) is 0 Å². The second-order valence-electron chi connectivity index (χ2n) is 3.33. The number of nitrogens with one attached hydrogen (secondary N) is 2. The third kappa shape index (κ3) is 1.67. The summed E-state index contributed by atoms with van der Waals surface area (Å²) in [5, 5.41) is 3.13. The Morgan fingerprint density at radius 3 is 3.00 bits per heavy atom. The Kier molecular flexibility index (Phi) is 2.56. The number of H-pyrrole nitrogens is 1. The molecule has 0 saturated carbocycles. The molecule has 3 nitrogen and oxygen atoms in total. The molecule has 14 heavy (non-hydrogen) atoms. The highest BCUT2D eigenvalue weighted by Crippen LogP contribution is 2.23. The first-order valence-corrected chi connectivity index (χ1v) is 5.29. The van der Waals surface area contributed by atoms with Crippen LogP contribution in [0.5, 0.6) is 0 Å². The van der Waals surface area contributed by atoms with E-state index in [1.807, 2.05) is 14.0 Å². The molecule has 0 fully saturated rings. The van der Waals surface area contributed by atoms with Gasteiger partial charge in [0.1, 0.15) is 11.3 Å². The average Bonchev–Trinajstić information content (AvgIpc) is 2.47. The van der Waals surface area contributed by atoms with E-state index in [1.54, 1.807) is 0 Å². The van der Waals surface area contributed by atoms with Gasteiger partial charge in [0.2, 0.25) is 0 Å². The van der Waals surface area contributed by atoms with Crippen molar-refractivity contribution in [1.82, 2.24) is 15.3 Å². The minimum atomic E-state index is 0.868. The van der Waals surface area contributed by atoms with Crippen molar-refractivity contribution in [1.29, 1.82) is 0 Å². The van der Waals surface area contributed by atoms with Crippen LogP contribution in [0.4, 0.5) is 0 Å². The Balaban J connectivity index is 2.59. The Hall–Kier alpha value is -0.870. The number of rotatable bonds is 2. The van der Waals surface area contributed by atoms with Crippen LogP contribution in [0.15, 0.2) is 16.6 Å². The minimum absolute atomic E-state index is 0.868. The molecule has 74 valence electrons. The van der Waals surface area contributed by atoms with Crippen LogP contribution in [0, 0.1) is 6.92 Å². The summed E-state index contributed by atoms with van der Waals surface area (Å²) in [6.45, 7) is 2.83. The first-order valence-electron chi connectivity index (χ1n) is 4.50. The molecule has 0 aliphatic carbocycles. The molecule has 2 rings (SSSR count). The van der Waals surface area contributed by atoms with E-state index in [1.165, 1.54) is 5.56 Å². The smallest absolute Gasteiger partial charge is 0.104 e. The number of hydrogen-bond donors (Lipinski definition) is 2. The third-order valence-corrected chi connectivity index (χ3v) is 2.70. The molecule has 0 spiro atoms. The summed E-state index contributed by atoms with van der Waals surface area (Å²) in [7, 11) is 1.94. The van der Waals surface area contributed by atoms with E-state index < -0.39 is 0 Å². The van der Waals surface area contributed by atoms with Gasteiger partial charge in [0.05, 0.1) is 5.52 Å². The van der Waals surface area contributed by atoms with Crippen molar-refractivity contribution >= 4 is 27.0 Å². The van der Waals surface area contributed by atoms with Crippen LogP contribution in [-0.4, -0.2) is 17.0 Å². The lowest BCUT2D eigenvalue weighted by Crippen LogP contribution is -2.04. The molecule has 0 aliphatic heterocycles. The number of halogens is 1. The highest BCUT2D eigenvalue weighted by atomic mass is 79.9. The van der Waals surface area contributed by atoms with Crippen LogP contribution in [0.3, 0.4) is 0 Å². The molecular formula is C10H12BrN3. The summed E-state index contributed by atoms with van der Waals surface area (Å²) in [5.41, 5.74) is 3.33. The Bertz CT molecular complexity index is 462. The number of benzene rings is 1. The highest BCUT2D eigenvalue weighted by Gasteiger charge is 2.05. The van der Waals surface area contributed by atoms with Crippen molar-refractivity contribution in [3.05, 3.63) is 28.0 Å². The van der Waals surface area contributed by atoms with Crippen LogP contribution >= 0.6 is 15.9 Å². The first-order chi connectivity index (χ1) is 6.70. The zero-order chi connectivity index (χ0) is 10.1. The largest absolute Gasteiger partial charge is 0.342 e. The summed E-state index contributed by atoms with van der Waals surface area (Å²) in [4.78, 5) is 7.62. The Morgan fingerprint density at radius 1 is 1.50 bits per heavy atom. The van der Waals surface area contributed by atoms with Crippen LogP contribution in [-0.2, 0) is 6.54 Å². The van der Waals surface area contributed by atoms with Gasteiger partial charge in [-0.25, -0.2) is 4.98 Å². The second-order valence-corrected chi connectivity index (χ2v) is 4.18. The molecule has 4 heteroatoms. The molecule has 0 amide bonds. The molecule has 0 aliphatic rings. The Morgan fingerprint density at radius 2 is 2.29 bits per heavy atom. The standard InChI is InChI=1S/C10H12BrN3/c1-6-13-9-4-7(5-12-2)3-8(11)10(9)14-6/h3-4,12H,5H2,1-2H3,(H,13,14). The predicted octanol–water partition coefficient (Wildman–Crippen LogP) is 2.35. The molecule has 1 aromatic heterocycles. The van der Waals surface area contributed by atoms with Gasteiger partial charge in [-0.1, -0.05) is 0 Å². The van der Waals surface area contributed by atoms with E-state index in [0.717, 1.165) is 27.9 Å². The van der Waals surface area contributed by atoms with E-state index >= 15 is 0 Å². The van der Waals surface area contributed by atoms with E-state index in [4.69, 9.17) is 0 Å². The number of aromatic amines is 1. The molecule has 0 radical (unpaired) electrons. The summed E-state index contributed by atoms with van der Waals surface area (Å²) in [6, 6.07) is 4.22. The average molecular weight is 254 g/mol. The van der Waals surface area contributed by atoms with Crippen LogP contribution in [0.25, 0.3) is 11.0 Å². The Labute approximate surface area is 91.1 Å².